The van der Waals surface area contributed by atoms with Crippen LogP contribution in [0.1, 0.15) is 48.4 Å². The summed E-state index contributed by atoms with van der Waals surface area (Å²) in [5.74, 6) is 0.339. The van der Waals surface area contributed by atoms with Crippen molar-refractivity contribution >= 4 is 5.97 Å². The molecule has 17 heavy (non-hydrogen) atoms. The standard InChI is InChI=1S/C12H18N2O3/c1-16-10(15)9-8-13-11(14-9)12(17-2)6-4-3-5-7-12/h8H,3-7H2,1-2H3,(H,13,14). The van der Waals surface area contributed by atoms with Crippen LogP contribution in [-0.2, 0) is 15.1 Å². The molecule has 1 aromatic heterocycles. The Labute approximate surface area is 101 Å². The second-order valence-electron chi connectivity index (χ2n) is 4.40. The molecular formula is C12H18N2O3. The molecule has 0 saturated heterocycles. The smallest absolute Gasteiger partial charge is 0.356 e. The van der Waals surface area contributed by atoms with Gasteiger partial charge in [-0.25, -0.2) is 9.78 Å². The first-order valence-corrected chi connectivity index (χ1v) is 5.91. The maximum Gasteiger partial charge on any atom is 0.356 e. The van der Waals surface area contributed by atoms with Crippen LogP contribution < -0.4 is 0 Å². The molecule has 0 unspecified atom stereocenters. The van der Waals surface area contributed by atoms with Gasteiger partial charge in [-0.3, -0.25) is 0 Å². The number of rotatable bonds is 3. The summed E-state index contributed by atoms with van der Waals surface area (Å²) in [4.78, 5) is 18.7. The Balaban J connectivity index is 2.25. The number of imidazole rings is 1. The van der Waals surface area contributed by atoms with Gasteiger partial charge in [0.2, 0.25) is 0 Å². The summed E-state index contributed by atoms with van der Waals surface area (Å²) in [6.45, 7) is 0. The fourth-order valence-corrected chi connectivity index (χ4v) is 2.43. The van der Waals surface area contributed by atoms with Gasteiger partial charge in [0.25, 0.3) is 0 Å². The molecule has 1 N–H and O–H groups in total. The number of nitrogens with zero attached hydrogens (tertiary/aromatic N) is 1. The second-order valence-corrected chi connectivity index (χ2v) is 4.40. The average Bonchev–Trinajstić information content (AvgIpc) is 2.88. The minimum absolute atomic E-state index is 0.357. The number of methoxy groups -OCH3 is 2. The van der Waals surface area contributed by atoms with Gasteiger partial charge in [-0.15, -0.1) is 0 Å². The largest absolute Gasteiger partial charge is 0.464 e. The average molecular weight is 238 g/mol. The highest BCUT2D eigenvalue weighted by Gasteiger charge is 2.36. The first-order valence-electron chi connectivity index (χ1n) is 5.91. The Morgan fingerprint density at radius 3 is 2.65 bits per heavy atom. The van der Waals surface area contributed by atoms with E-state index in [2.05, 4.69) is 14.7 Å². The fourth-order valence-electron chi connectivity index (χ4n) is 2.43. The van der Waals surface area contributed by atoms with Gasteiger partial charge in [-0.2, -0.15) is 0 Å². The zero-order valence-electron chi connectivity index (χ0n) is 10.3. The summed E-state index contributed by atoms with van der Waals surface area (Å²) in [6, 6.07) is 0. The third-order valence-electron chi connectivity index (χ3n) is 3.46. The van der Waals surface area contributed by atoms with E-state index in [1.165, 1.54) is 19.7 Å². The van der Waals surface area contributed by atoms with Crippen molar-refractivity contribution in [2.75, 3.05) is 14.2 Å². The lowest BCUT2D eigenvalue weighted by Gasteiger charge is -2.34. The van der Waals surface area contributed by atoms with E-state index >= 15 is 0 Å². The number of nitrogens with one attached hydrogen (secondary N) is 1. The van der Waals surface area contributed by atoms with Crippen LogP contribution in [-0.4, -0.2) is 30.2 Å². The normalized spacial score (nSPS) is 18.9. The maximum absolute atomic E-state index is 11.4. The molecule has 0 amide bonds. The van der Waals surface area contributed by atoms with Gasteiger partial charge in [0.1, 0.15) is 17.1 Å². The third kappa shape index (κ3) is 2.20. The number of aromatic nitrogens is 2. The molecule has 1 saturated carbocycles. The quantitative estimate of drug-likeness (QED) is 0.818. The second kappa shape index (κ2) is 4.87. The molecule has 1 aliphatic carbocycles. The van der Waals surface area contributed by atoms with E-state index in [9.17, 15) is 4.79 Å². The molecule has 5 nitrogen and oxygen atoms in total. The molecule has 1 aliphatic rings. The molecule has 5 heteroatoms. The number of H-pyrrole nitrogens is 1. The molecule has 0 spiro atoms. The van der Waals surface area contributed by atoms with Gasteiger partial charge in [0.05, 0.1) is 13.3 Å². The van der Waals surface area contributed by atoms with Gasteiger partial charge in [0.15, 0.2) is 0 Å². The van der Waals surface area contributed by atoms with Gasteiger partial charge in [-0.1, -0.05) is 19.3 Å². The lowest BCUT2D eigenvalue weighted by molar-refractivity contribution is -0.0509. The van der Waals surface area contributed by atoms with Crippen LogP contribution in [0.5, 0.6) is 0 Å². The van der Waals surface area contributed by atoms with Gasteiger partial charge < -0.3 is 14.5 Å². The molecule has 1 heterocycles. The summed E-state index contributed by atoms with van der Waals surface area (Å²) in [6.07, 6.45) is 6.88. The van der Waals surface area contributed by atoms with E-state index in [0.29, 0.717) is 5.69 Å². The van der Waals surface area contributed by atoms with Crippen molar-refractivity contribution in [3.8, 4) is 0 Å². The summed E-state index contributed by atoms with van der Waals surface area (Å²) in [7, 11) is 3.06. The monoisotopic (exact) mass is 238 g/mol. The van der Waals surface area contributed by atoms with Crippen LogP contribution in [0.2, 0.25) is 0 Å². The zero-order chi connectivity index (χ0) is 12.3. The van der Waals surface area contributed by atoms with Crippen LogP contribution >= 0.6 is 0 Å². The van der Waals surface area contributed by atoms with Crippen molar-refractivity contribution < 1.29 is 14.3 Å². The lowest BCUT2D eigenvalue weighted by atomic mass is 9.84. The first kappa shape index (κ1) is 12.1. The summed E-state index contributed by atoms with van der Waals surface area (Å²) >= 11 is 0. The highest BCUT2D eigenvalue weighted by molar-refractivity contribution is 5.86. The van der Waals surface area contributed by atoms with Crippen LogP contribution in [0.25, 0.3) is 0 Å². The highest BCUT2D eigenvalue weighted by Crippen LogP contribution is 2.38. The van der Waals surface area contributed by atoms with E-state index in [4.69, 9.17) is 4.74 Å². The Morgan fingerprint density at radius 2 is 2.06 bits per heavy atom. The molecule has 0 atom stereocenters. The van der Waals surface area contributed by atoms with E-state index < -0.39 is 5.97 Å². The molecule has 2 rings (SSSR count). The molecule has 94 valence electrons. The SMILES string of the molecule is COC(=O)c1cnc(C2(OC)CCCCC2)[nH]1. The topological polar surface area (TPSA) is 64.2 Å². The predicted octanol–water partition coefficient (Wildman–Crippen LogP) is 2.00. The first-order chi connectivity index (χ1) is 8.22. The summed E-state index contributed by atoms with van der Waals surface area (Å²) in [5.41, 5.74) is 0.0225. The number of hydrogen-bond acceptors (Lipinski definition) is 4. The van der Waals surface area contributed by atoms with Crippen molar-refractivity contribution in [1.82, 2.24) is 9.97 Å². The van der Waals surface area contributed by atoms with Gasteiger partial charge >= 0.3 is 5.97 Å². The number of esters is 1. The molecule has 0 radical (unpaired) electrons. The molecule has 0 aromatic carbocycles. The van der Waals surface area contributed by atoms with Crippen LogP contribution in [0.4, 0.5) is 0 Å². The number of carbonyl (C=O) groups excluding carboxylic acids is 1. The van der Waals surface area contributed by atoms with E-state index in [0.717, 1.165) is 31.5 Å². The van der Waals surface area contributed by atoms with Crippen molar-refractivity contribution in [1.29, 1.82) is 0 Å². The molecule has 1 fully saturated rings. The Hall–Kier alpha value is -1.36. The van der Waals surface area contributed by atoms with Crippen molar-refractivity contribution in [3.05, 3.63) is 17.7 Å². The van der Waals surface area contributed by atoms with E-state index in [-0.39, 0.29) is 5.60 Å². The van der Waals surface area contributed by atoms with Crippen molar-refractivity contribution in [2.45, 2.75) is 37.7 Å². The predicted molar refractivity (Wildman–Crippen MR) is 61.7 cm³/mol. The van der Waals surface area contributed by atoms with Crippen LogP contribution in [0.15, 0.2) is 6.20 Å². The van der Waals surface area contributed by atoms with Crippen molar-refractivity contribution in [3.63, 3.8) is 0 Å². The number of ether oxygens (including phenoxy) is 2. The zero-order valence-corrected chi connectivity index (χ0v) is 10.3. The molecule has 0 bridgehead atoms. The number of aromatic amines is 1. The fraction of sp³-hybridized carbons (Fsp3) is 0.667. The van der Waals surface area contributed by atoms with Crippen LogP contribution in [0, 0.1) is 0 Å². The van der Waals surface area contributed by atoms with E-state index in [1.54, 1.807) is 7.11 Å². The van der Waals surface area contributed by atoms with E-state index in [1.807, 2.05) is 0 Å². The summed E-state index contributed by atoms with van der Waals surface area (Å²) < 4.78 is 10.3. The van der Waals surface area contributed by atoms with Gasteiger partial charge in [0, 0.05) is 7.11 Å². The Bertz CT molecular complexity index is 394. The van der Waals surface area contributed by atoms with Gasteiger partial charge in [-0.05, 0) is 12.8 Å². The maximum atomic E-state index is 11.4. The minimum atomic E-state index is -0.397. The minimum Gasteiger partial charge on any atom is -0.464 e. The lowest BCUT2D eigenvalue weighted by Crippen LogP contribution is -2.32. The molecular weight excluding hydrogens is 220 g/mol. The molecule has 0 aliphatic heterocycles. The summed E-state index contributed by atoms with van der Waals surface area (Å²) in [5, 5.41) is 0. The molecule has 1 aromatic rings. The van der Waals surface area contributed by atoms with Crippen molar-refractivity contribution in [2.24, 2.45) is 0 Å². The number of carbonyl (C=O) groups is 1. The Morgan fingerprint density at radius 1 is 1.35 bits per heavy atom. The number of hydrogen-bond donors (Lipinski definition) is 1. The highest BCUT2D eigenvalue weighted by atomic mass is 16.5. The Kier molecular flexibility index (Phi) is 3.47. The third-order valence-corrected chi connectivity index (χ3v) is 3.46. The van der Waals surface area contributed by atoms with Crippen LogP contribution in [0.3, 0.4) is 0 Å².